The molecular weight excluding hydrogens is 406 g/mol. The highest BCUT2D eigenvalue weighted by Crippen LogP contribution is 2.26. The summed E-state index contributed by atoms with van der Waals surface area (Å²) in [6.45, 7) is 7.34. The van der Waals surface area contributed by atoms with Gasteiger partial charge in [0.1, 0.15) is 18.0 Å². The number of ether oxygens (including phenoxy) is 3. The maximum Gasteiger partial charge on any atom is 0.410 e. The van der Waals surface area contributed by atoms with Crippen LogP contribution in [-0.4, -0.2) is 52.4 Å². The molecule has 7 heteroatoms. The van der Waals surface area contributed by atoms with E-state index in [1.165, 1.54) is 0 Å². The monoisotopic (exact) mass is 437 g/mol. The molecule has 3 aromatic rings. The van der Waals surface area contributed by atoms with Crippen LogP contribution in [0.2, 0.25) is 0 Å². The molecule has 32 heavy (non-hydrogen) atoms. The molecule has 0 N–H and O–H groups in total. The van der Waals surface area contributed by atoms with Crippen molar-refractivity contribution in [2.24, 2.45) is 0 Å². The van der Waals surface area contributed by atoms with E-state index in [0.29, 0.717) is 25.7 Å². The number of carbonyl (C=O) groups excluding carboxylic acids is 1. The lowest BCUT2D eigenvalue weighted by molar-refractivity contribution is 0.0183. The van der Waals surface area contributed by atoms with Gasteiger partial charge < -0.3 is 19.1 Å². The summed E-state index contributed by atoms with van der Waals surface area (Å²) in [5, 5.41) is 0. The largest absolute Gasteiger partial charge is 0.497 e. The van der Waals surface area contributed by atoms with Crippen LogP contribution in [0.15, 0.2) is 48.5 Å². The topological polar surface area (TPSA) is 65.8 Å². The number of aromatic nitrogens is 2. The van der Waals surface area contributed by atoms with Crippen LogP contribution in [0.1, 0.15) is 39.2 Å². The van der Waals surface area contributed by atoms with Crippen LogP contribution in [0.3, 0.4) is 0 Å². The van der Waals surface area contributed by atoms with E-state index in [1.807, 2.05) is 69.3 Å². The fourth-order valence-corrected chi connectivity index (χ4v) is 3.97. The van der Waals surface area contributed by atoms with E-state index in [4.69, 9.17) is 19.2 Å². The zero-order valence-electron chi connectivity index (χ0n) is 19.2. The molecule has 1 fully saturated rings. The smallest absolute Gasteiger partial charge is 0.410 e. The molecule has 0 saturated carbocycles. The van der Waals surface area contributed by atoms with Crippen molar-refractivity contribution in [3.8, 4) is 11.8 Å². The minimum absolute atomic E-state index is 0.0286. The zero-order chi connectivity index (χ0) is 22.7. The van der Waals surface area contributed by atoms with Gasteiger partial charge in [0.15, 0.2) is 0 Å². The Balaban J connectivity index is 1.52. The van der Waals surface area contributed by atoms with E-state index in [2.05, 4.69) is 4.57 Å². The second-order valence-corrected chi connectivity index (χ2v) is 9.10. The number of fused-ring (bicyclic) bond motifs is 1. The lowest BCUT2D eigenvalue weighted by Gasteiger charge is -2.28. The van der Waals surface area contributed by atoms with E-state index < -0.39 is 5.60 Å². The molecule has 1 aromatic heterocycles. The predicted octanol–water partition coefficient (Wildman–Crippen LogP) is 4.87. The first-order valence-electron chi connectivity index (χ1n) is 11.0. The van der Waals surface area contributed by atoms with Crippen molar-refractivity contribution in [1.82, 2.24) is 14.5 Å². The van der Waals surface area contributed by atoms with Crippen molar-refractivity contribution >= 4 is 17.1 Å². The molecule has 1 aliphatic heterocycles. The number of methoxy groups -OCH3 is 1. The molecular formula is C25H31N3O4. The van der Waals surface area contributed by atoms with Gasteiger partial charge >= 0.3 is 6.09 Å². The number of imidazole rings is 1. The number of para-hydroxylation sites is 2. The predicted molar refractivity (Wildman–Crippen MR) is 123 cm³/mol. The van der Waals surface area contributed by atoms with Crippen molar-refractivity contribution in [3.05, 3.63) is 54.1 Å². The van der Waals surface area contributed by atoms with Gasteiger partial charge in [0.2, 0.25) is 0 Å². The van der Waals surface area contributed by atoms with E-state index in [-0.39, 0.29) is 12.1 Å². The number of likely N-dealkylation sites (tertiary alicyclic amines) is 1. The highest BCUT2D eigenvalue weighted by Gasteiger charge is 2.33. The third-order valence-electron chi connectivity index (χ3n) is 5.53. The lowest BCUT2D eigenvalue weighted by Crippen LogP contribution is -2.42. The standard InChI is InChI=1S/C25H31N3O4/c1-25(2,3)32-24(29)27-15-7-8-19(27)17-31-23-26-21-9-5-6-10-22(21)28(23)16-18-11-13-20(30-4)14-12-18/h5-6,9-14,19H,7-8,15-17H2,1-4H3/t19-/m0/s1. The number of hydrogen-bond donors (Lipinski definition) is 0. The molecule has 1 saturated heterocycles. The minimum atomic E-state index is -0.516. The Bertz CT molecular complexity index is 1070. The number of carbonyl (C=O) groups is 1. The molecule has 0 unspecified atom stereocenters. The average molecular weight is 438 g/mol. The van der Waals surface area contributed by atoms with Crippen LogP contribution in [0.4, 0.5) is 4.79 Å². The SMILES string of the molecule is COc1ccc(Cn2c(OC[C@@H]3CCCN3C(=O)OC(C)(C)C)nc3ccccc32)cc1. The van der Waals surface area contributed by atoms with Gasteiger partial charge in [-0.05, 0) is 63.4 Å². The van der Waals surface area contributed by atoms with Gasteiger partial charge in [-0.25, -0.2) is 4.79 Å². The van der Waals surface area contributed by atoms with Crippen molar-refractivity contribution in [1.29, 1.82) is 0 Å². The van der Waals surface area contributed by atoms with E-state index in [1.54, 1.807) is 12.0 Å². The molecule has 4 rings (SSSR count). The van der Waals surface area contributed by atoms with Gasteiger partial charge in [-0.2, -0.15) is 4.98 Å². The van der Waals surface area contributed by atoms with Crippen molar-refractivity contribution in [3.63, 3.8) is 0 Å². The zero-order valence-corrected chi connectivity index (χ0v) is 19.2. The Morgan fingerprint density at radius 3 is 2.59 bits per heavy atom. The summed E-state index contributed by atoms with van der Waals surface area (Å²) in [6, 6.07) is 16.5. The third-order valence-corrected chi connectivity index (χ3v) is 5.53. The van der Waals surface area contributed by atoms with E-state index in [0.717, 1.165) is 35.2 Å². The van der Waals surface area contributed by atoms with Crippen LogP contribution >= 0.6 is 0 Å². The van der Waals surface area contributed by atoms with Crippen molar-refractivity contribution in [2.45, 2.75) is 51.8 Å². The van der Waals surface area contributed by atoms with E-state index >= 15 is 0 Å². The van der Waals surface area contributed by atoms with Gasteiger partial charge in [0, 0.05) is 6.54 Å². The van der Waals surface area contributed by atoms with Gasteiger partial charge in [-0.15, -0.1) is 0 Å². The third kappa shape index (κ3) is 4.98. The van der Waals surface area contributed by atoms with Gasteiger partial charge in [0.05, 0.1) is 30.7 Å². The highest BCUT2D eigenvalue weighted by atomic mass is 16.6. The van der Waals surface area contributed by atoms with E-state index in [9.17, 15) is 4.79 Å². The number of benzene rings is 2. The Kier molecular flexibility index (Phi) is 6.26. The summed E-state index contributed by atoms with van der Waals surface area (Å²) in [4.78, 5) is 19.1. The van der Waals surface area contributed by atoms with Crippen LogP contribution in [0.25, 0.3) is 11.0 Å². The first-order chi connectivity index (χ1) is 15.3. The Morgan fingerprint density at radius 1 is 1.12 bits per heavy atom. The molecule has 7 nitrogen and oxygen atoms in total. The summed E-state index contributed by atoms with van der Waals surface area (Å²) < 4.78 is 19.1. The molecule has 0 radical (unpaired) electrons. The molecule has 2 aromatic carbocycles. The molecule has 0 bridgehead atoms. The summed E-state index contributed by atoms with van der Waals surface area (Å²) in [7, 11) is 1.66. The molecule has 2 heterocycles. The Labute approximate surface area is 188 Å². The fourth-order valence-electron chi connectivity index (χ4n) is 3.97. The molecule has 0 aliphatic carbocycles. The van der Waals surface area contributed by atoms with Gasteiger partial charge in [-0.3, -0.25) is 4.57 Å². The van der Waals surface area contributed by atoms with Crippen molar-refractivity contribution in [2.75, 3.05) is 20.3 Å². The van der Waals surface area contributed by atoms with Crippen LogP contribution in [-0.2, 0) is 11.3 Å². The van der Waals surface area contributed by atoms with Crippen LogP contribution in [0, 0.1) is 0 Å². The Morgan fingerprint density at radius 2 is 1.88 bits per heavy atom. The van der Waals surface area contributed by atoms with Crippen LogP contribution in [0.5, 0.6) is 11.8 Å². The Hall–Kier alpha value is -3.22. The second kappa shape index (κ2) is 9.10. The average Bonchev–Trinajstić information content (AvgIpc) is 3.36. The molecule has 1 atom stereocenters. The van der Waals surface area contributed by atoms with Gasteiger partial charge in [0.25, 0.3) is 6.01 Å². The number of hydrogen-bond acceptors (Lipinski definition) is 5. The maximum atomic E-state index is 12.6. The van der Waals surface area contributed by atoms with Gasteiger partial charge in [-0.1, -0.05) is 24.3 Å². The van der Waals surface area contributed by atoms with Crippen molar-refractivity contribution < 1.29 is 19.0 Å². The quantitative estimate of drug-likeness (QED) is 0.550. The number of rotatable bonds is 6. The first kappa shape index (κ1) is 22.0. The number of amides is 1. The number of nitrogens with zero attached hydrogens (tertiary/aromatic N) is 3. The summed E-state index contributed by atoms with van der Waals surface area (Å²) in [6.07, 6.45) is 1.54. The minimum Gasteiger partial charge on any atom is -0.497 e. The fraction of sp³-hybridized carbons (Fsp3) is 0.440. The summed E-state index contributed by atoms with van der Waals surface area (Å²) in [5.74, 6) is 0.823. The second-order valence-electron chi connectivity index (χ2n) is 9.10. The maximum absolute atomic E-state index is 12.6. The first-order valence-corrected chi connectivity index (χ1v) is 11.0. The summed E-state index contributed by atoms with van der Waals surface area (Å²) in [5.41, 5.74) is 2.49. The van der Waals surface area contributed by atoms with Crippen LogP contribution < -0.4 is 9.47 Å². The lowest BCUT2D eigenvalue weighted by atomic mass is 10.2. The molecule has 1 amide bonds. The summed E-state index contributed by atoms with van der Waals surface area (Å²) >= 11 is 0. The molecule has 170 valence electrons. The molecule has 1 aliphatic rings. The molecule has 0 spiro atoms. The highest BCUT2D eigenvalue weighted by molar-refractivity contribution is 5.76. The normalized spacial score (nSPS) is 16.4.